The molecule has 12 heteroatoms. The number of nitrogens with zero attached hydrogens (tertiary/aromatic N) is 1. The van der Waals surface area contributed by atoms with Gasteiger partial charge in [-0.15, -0.1) is 0 Å². The first-order valence-corrected chi connectivity index (χ1v) is 16.3. The highest BCUT2D eigenvalue weighted by Gasteiger charge is 2.53. The minimum Gasteiger partial charge on any atom is -0.465 e. The van der Waals surface area contributed by atoms with Gasteiger partial charge in [0.15, 0.2) is 0 Å². The first-order chi connectivity index (χ1) is 18.5. The van der Waals surface area contributed by atoms with Crippen LogP contribution in [-0.4, -0.2) is 51.0 Å². The molecule has 2 atom stereocenters. The third-order valence-corrected chi connectivity index (χ3v) is 13.0. The van der Waals surface area contributed by atoms with E-state index in [1.807, 2.05) is 95.3 Å². The highest BCUT2D eigenvalue weighted by atomic mass is 32.2. The number of hydrogen-bond donors (Lipinski definition) is 1. The Morgan fingerprint density at radius 2 is 1.52 bits per heavy atom. The predicted octanol–water partition coefficient (Wildman–Crippen LogP) is 5.69. The summed E-state index contributed by atoms with van der Waals surface area (Å²) in [5.74, 6) is -1.11. The van der Waals surface area contributed by atoms with Gasteiger partial charge in [-0.25, -0.2) is 9.69 Å². The fraction of sp³-hybridized carbons (Fsp3) is 0.464. The SMILES string of the molecule is CC(C)CC1CC=C(OS(=O)(=O)C(F)(F)F)N(C(=O)O)C1CO[Si](c1ccccc1)(c1ccccc1)C(C)(C)C. The van der Waals surface area contributed by atoms with E-state index in [9.17, 15) is 31.5 Å². The molecule has 0 aliphatic carbocycles. The molecule has 0 fully saturated rings. The van der Waals surface area contributed by atoms with Crippen molar-refractivity contribution in [1.82, 2.24) is 4.90 Å². The zero-order valence-corrected chi connectivity index (χ0v) is 25.0. The van der Waals surface area contributed by atoms with Crippen LogP contribution >= 0.6 is 0 Å². The van der Waals surface area contributed by atoms with Gasteiger partial charge < -0.3 is 13.7 Å². The van der Waals surface area contributed by atoms with Crippen molar-refractivity contribution in [1.29, 1.82) is 0 Å². The Kier molecular flexibility index (Phi) is 9.47. The fourth-order valence-corrected chi connectivity index (χ4v) is 10.4. The van der Waals surface area contributed by atoms with Crippen LogP contribution in [0.15, 0.2) is 72.6 Å². The van der Waals surface area contributed by atoms with Gasteiger partial charge in [-0.2, -0.15) is 21.6 Å². The largest absolute Gasteiger partial charge is 0.534 e. The van der Waals surface area contributed by atoms with Crippen LogP contribution in [0.4, 0.5) is 18.0 Å². The number of amides is 1. The highest BCUT2D eigenvalue weighted by Crippen LogP contribution is 2.39. The molecule has 7 nitrogen and oxygen atoms in total. The summed E-state index contributed by atoms with van der Waals surface area (Å²) in [6.07, 6.45) is 0.130. The summed E-state index contributed by atoms with van der Waals surface area (Å²) in [4.78, 5) is 13.1. The van der Waals surface area contributed by atoms with E-state index < -0.39 is 47.0 Å². The van der Waals surface area contributed by atoms with E-state index in [0.717, 1.165) is 16.4 Å². The first-order valence-electron chi connectivity index (χ1n) is 13.0. The van der Waals surface area contributed by atoms with E-state index in [4.69, 9.17) is 4.43 Å². The molecule has 40 heavy (non-hydrogen) atoms. The molecule has 3 rings (SSSR count). The van der Waals surface area contributed by atoms with Crippen molar-refractivity contribution >= 4 is 34.9 Å². The van der Waals surface area contributed by atoms with E-state index in [-0.39, 0.29) is 24.9 Å². The van der Waals surface area contributed by atoms with Gasteiger partial charge >= 0.3 is 21.7 Å². The van der Waals surface area contributed by atoms with Crippen LogP contribution < -0.4 is 10.4 Å². The maximum absolute atomic E-state index is 13.1. The third-order valence-electron chi connectivity index (χ3n) is 7.05. The lowest BCUT2D eigenvalue weighted by molar-refractivity contribution is -0.0549. The van der Waals surface area contributed by atoms with Gasteiger partial charge in [0, 0.05) is 0 Å². The molecule has 1 aliphatic rings. The van der Waals surface area contributed by atoms with Gasteiger partial charge in [-0.05, 0) is 46.2 Å². The van der Waals surface area contributed by atoms with Gasteiger partial charge in [-0.3, -0.25) is 0 Å². The van der Waals surface area contributed by atoms with Crippen LogP contribution in [0.25, 0.3) is 0 Å². The number of carboxylic acid groups (broad SMARTS) is 1. The van der Waals surface area contributed by atoms with Gasteiger partial charge in [0.05, 0.1) is 12.6 Å². The van der Waals surface area contributed by atoms with Crippen molar-refractivity contribution in [2.45, 2.75) is 64.0 Å². The summed E-state index contributed by atoms with van der Waals surface area (Å²) >= 11 is 0. The zero-order valence-electron chi connectivity index (χ0n) is 23.2. The van der Waals surface area contributed by atoms with E-state index in [2.05, 4.69) is 4.18 Å². The quantitative estimate of drug-likeness (QED) is 0.226. The number of halogens is 3. The van der Waals surface area contributed by atoms with Crippen molar-refractivity contribution in [2.24, 2.45) is 11.8 Å². The Morgan fingerprint density at radius 3 is 1.93 bits per heavy atom. The van der Waals surface area contributed by atoms with Crippen LogP contribution in [-0.2, 0) is 18.7 Å². The number of allylic oxidation sites excluding steroid dienone is 1. The Labute approximate surface area is 234 Å². The van der Waals surface area contributed by atoms with Gasteiger partial charge in [0.1, 0.15) is 0 Å². The molecule has 220 valence electrons. The van der Waals surface area contributed by atoms with Crippen molar-refractivity contribution in [2.75, 3.05) is 6.61 Å². The summed E-state index contributed by atoms with van der Waals surface area (Å²) in [5.41, 5.74) is -5.71. The third kappa shape index (κ3) is 6.55. The van der Waals surface area contributed by atoms with Crippen LogP contribution in [0.3, 0.4) is 0 Å². The topological polar surface area (TPSA) is 93.1 Å². The second-order valence-electron chi connectivity index (χ2n) is 11.3. The average molecular weight is 600 g/mol. The monoisotopic (exact) mass is 599 g/mol. The average Bonchev–Trinajstić information content (AvgIpc) is 2.85. The Morgan fingerprint density at radius 1 is 1.02 bits per heavy atom. The van der Waals surface area contributed by atoms with Gasteiger partial charge in [-0.1, -0.05) is 95.3 Å². The Hall–Kier alpha value is -2.83. The first kappa shape index (κ1) is 31.7. The second kappa shape index (κ2) is 12.0. The molecule has 1 aliphatic heterocycles. The van der Waals surface area contributed by atoms with Gasteiger partial charge in [0.25, 0.3) is 8.32 Å². The minimum absolute atomic E-state index is 0.124. The molecular weight excluding hydrogens is 563 g/mol. The van der Waals surface area contributed by atoms with E-state index in [1.54, 1.807) is 0 Å². The Bertz CT molecular complexity index is 1260. The normalized spacial score (nSPS) is 18.9. The molecule has 0 aromatic heterocycles. The Balaban J connectivity index is 2.13. The lowest BCUT2D eigenvalue weighted by Crippen LogP contribution is -2.67. The minimum atomic E-state index is -6.09. The molecule has 0 saturated carbocycles. The summed E-state index contributed by atoms with van der Waals surface area (Å²) in [6.45, 7) is 9.87. The summed E-state index contributed by atoms with van der Waals surface area (Å²) in [7, 11) is -9.23. The molecule has 0 spiro atoms. The van der Waals surface area contributed by atoms with E-state index in [0.29, 0.717) is 11.3 Å². The second-order valence-corrected chi connectivity index (χ2v) is 17.2. The maximum atomic E-state index is 13.1. The molecule has 2 aromatic carbocycles. The summed E-state index contributed by atoms with van der Waals surface area (Å²) in [5, 5.41) is 11.6. The van der Waals surface area contributed by atoms with Crippen LogP contribution in [0.2, 0.25) is 5.04 Å². The summed E-state index contributed by atoms with van der Waals surface area (Å²) in [6, 6.07) is 18.3. The highest BCUT2D eigenvalue weighted by molar-refractivity contribution is 7.87. The lowest BCUT2D eigenvalue weighted by atomic mass is 9.85. The van der Waals surface area contributed by atoms with E-state index >= 15 is 0 Å². The number of benzene rings is 2. The molecule has 2 aromatic rings. The number of carbonyl (C=O) groups is 1. The number of alkyl halides is 3. The summed E-state index contributed by atoms with van der Waals surface area (Å²) < 4.78 is 74.4. The van der Waals surface area contributed by atoms with Crippen molar-refractivity contribution in [3.8, 4) is 0 Å². The van der Waals surface area contributed by atoms with Crippen molar-refractivity contribution < 1.29 is 40.1 Å². The van der Waals surface area contributed by atoms with Crippen molar-refractivity contribution in [3.05, 3.63) is 72.6 Å². The molecule has 1 heterocycles. The molecule has 1 N–H and O–H groups in total. The molecule has 0 radical (unpaired) electrons. The molecular formula is C28H36F3NO6SSi. The number of hydrogen-bond acceptors (Lipinski definition) is 5. The lowest BCUT2D eigenvalue weighted by Gasteiger charge is -2.46. The van der Waals surface area contributed by atoms with Gasteiger partial charge in [0.2, 0.25) is 5.88 Å². The van der Waals surface area contributed by atoms with E-state index in [1.165, 1.54) is 0 Å². The molecule has 1 amide bonds. The number of rotatable bonds is 9. The zero-order chi connectivity index (χ0) is 29.9. The smallest absolute Gasteiger partial charge is 0.465 e. The fourth-order valence-electron chi connectivity index (χ4n) is 5.39. The molecule has 0 bridgehead atoms. The standard InChI is InChI=1S/C28H36F3NO6SSi/c1-20(2)18-21-16-17-25(38-39(35,36)28(29,30)31)32(26(33)34)24(21)19-37-40(27(3,4)5,22-12-8-6-9-13-22)23-14-10-7-11-15-23/h6-15,17,20-21,24H,16,18-19H2,1-5H3,(H,33,34). The van der Waals surface area contributed by atoms with Crippen LogP contribution in [0.1, 0.15) is 47.5 Å². The molecule has 0 saturated heterocycles. The van der Waals surface area contributed by atoms with Crippen LogP contribution in [0, 0.1) is 11.8 Å². The molecule has 2 unspecified atom stereocenters. The van der Waals surface area contributed by atoms with Crippen LogP contribution in [0.5, 0.6) is 0 Å². The maximum Gasteiger partial charge on any atom is 0.534 e. The van der Waals surface area contributed by atoms with Crippen molar-refractivity contribution in [3.63, 3.8) is 0 Å². The predicted molar refractivity (Wildman–Crippen MR) is 149 cm³/mol.